The minimum Gasteiger partial charge on any atom is -0.296 e. The van der Waals surface area contributed by atoms with Crippen LogP contribution >= 0.6 is 0 Å². The first-order valence-corrected chi connectivity index (χ1v) is 9.56. The third-order valence-electron chi connectivity index (χ3n) is 5.18. The third-order valence-corrected chi connectivity index (χ3v) is 5.18. The first kappa shape index (κ1) is 18.9. The number of rotatable bonds is 4. The number of hydrogen-bond acceptors (Lipinski definition) is 3. The molecular formula is C24H15F2N3O2. The molecule has 5 rings (SSSR count). The zero-order chi connectivity index (χ0) is 21.5. The molecule has 0 aliphatic heterocycles. The summed E-state index contributed by atoms with van der Waals surface area (Å²) < 4.78 is 29.5. The summed E-state index contributed by atoms with van der Waals surface area (Å²) >= 11 is 0. The minimum atomic E-state index is -0.439. The fourth-order valence-electron chi connectivity index (χ4n) is 3.63. The van der Waals surface area contributed by atoms with E-state index in [1.54, 1.807) is 34.9 Å². The van der Waals surface area contributed by atoms with E-state index >= 15 is 0 Å². The van der Waals surface area contributed by atoms with Gasteiger partial charge in [-0.15, -0.1) is 0 Å². The molecule has 0 radical (unpaired) electrons. The van der Waals surface area contributed by atoms with Gasteiger partial charge in [0.1, 0.15) is 11.6 Å². The molecule has 0 N–H and O–H groups in total. The first-order valence-electron chi connectivity index (χ1n) is 9.56. The monoisotopic (exact) mass is 415 g/mol. The lowest BCUT2D eigenvalue weighted by atomic mass is 10.1. The van der Waals surface area contributed by atoms with Crippen LogP contribution in [0.4, 0.5) is 8.78 Å². The molecule has 2 heterocycles. The number of fused-ring (bicyclic) bond motifs is 3. The summed E-state index contributed by atoms with van der Waals surface area (Å²) in [6.07, 6.45) is 1.72. The Morgan fingerprint density at radius 1 is 0.839 bits per heavy atom. The van der Waals surface area contributed by atoms with Crippen LogP contribution in [-0.4, -0.2) is 19.7 Å². The van der Waals surface area contributed by atoms with Crippen molar-refractivity contribution in [1.82, 2.24) is 14.0 Å². The summed E-state index contributed by atoms with van der Waals surface area (Å²) in [5.41, 5.74) is 2.50. The molecule has 5 aromatic rings. The number of halogens is 2. The van der Waals surface area contributed by atoms with Gasteiger partial charge >= 0.3 is 0 Å². The number of imidazole rings is 1. The summed E-state index contributed by atoms with van der Waals surface area (Å²) in [5.74, 6) is -1.12. The van der Waals surface area contributed by atoms with Crippen molar-refractivity contribution in [2.45, 2.75) is 6.54 Å². The number of nitrogens with zero attached hydrogens (tertiary/aromatic N) is 3. The largest absolute Gasteiger partial charge is 0.296 e. The Morgan fingerprint density at radius 3 is 2.13 bits per heavy atom. The molecule has 0 atom stereocenters. The molecule has 0 aliphatic rings. The fourth-order valence-corrected chi connectivity index (χ4v) is 3.63. The van der Waals surface area contributed by atoms with Crippen LogP contribution in [0, 0.1) is 11.6 Å². The highest BCUT2D eigenvalue weighted by molar-refractivity contribution is 5.96. The Balaban J connectivity index is 1.68. The van der Waals surface area contributed by atoms with Crippen molar-refractivity contribution in [2.75, 3.05) is 0 Å². The molecule has 2 aromatic heterocycles. The van der Waals surface area contributed by atoms with Crippen molar-refractivity contribution in [3.05, 3.63) is 107 Å². The van der Waals surface area contributed by atoms with E-state index in [0.29, 0.717) is 27.9 Å². The Morgan fingerprint density at radius 2 is 1.45 bits per heavy atom. The van der Waals surface area contributed by atoms with Crippen LogP contribution in [0.1, 0.15) is 10.4 Å². The van der Waals surface area contributed by atoms with Crippen LogP contribution in [0.25, 0.3) is 27.9 Å². The second-order valence-corrected chi connectivity index (χ2v) is 7.14. The van der Waals surface area contributed by atoms with Gasteiger partial charge in [0.25, 0.3) is 5.56 Å². The van der Waals surface area contributed by atoms with Gasteiger partial charge in [-0.25, -0.2) is 13.8 Å². The number of benzene rings is 3. The van der Waals surface area contributed by atoms with Gasteiger partial charge in [-0.1, -0.05) is 12.1 Å². The second-order valence-electron chi connectivity index (χ2n) is 7.14. The van der Waals surface area contributed by atoms with Crippen molar-refractivity contribution in [2.24, 2.45) is 0 Å². The van der Waals surface area contributed by atoms with Gasteiger partial charge in [0.2, 0.25) is 5.65 Å². The van der Waals surface area contributed by atoms with Crippen molar-refractivity contribution in [3.63, 3.8) is 0 Å². The molecule has 0 spiro atoms. The number of carbonyl (C=O) groups excluding carboxylic acids is 1. The Kier molecular flexibility index (Phi) is 4.43. The van der Waals surface area contributed by atoms with Crippen LogP contribution in [0.5, 0.6) is 0 Å². The molecule has 5 nitrogen and oxygen atoms in total. The highest BCUT2D eigenvalue weighted by atomic mass is 19.1. The van der Waals surface area contributed by atoms with E-state index in [9.17, 15) is 18.4 Å². The van der Waals surface area contributed by atoms with Crippen LogP contribution < -0.4 is 5.56 Å². The first-order chi connectivity index (χ1) is 15.0. The zero-order valence-corrected chi connectivity index (χ0v) is 16.1. The lowest BCUT2D eigenvalue weighted by Crippen LogP contribution is -2.26. The average Bonchev–Trinajstić information content (AvgIpc) is 3.23. The quantitative estimate of drug-likeness (QED) is 0.407. The summed E-state index contributed by atoms with van der Waals surface area (Å²) in [6, 6.07) is 18.3. The summed E-state index contributed by atoms with van der Waals surface area (Å²) in [6.45, 7) is -0.208. The smallest absolute Gasteiger partial charge is 0.295 e. The Hall–Kier alpha value is -4.13. The van der Waals surface area contributed by atoms with Gasteiger partial charge in [0.15, 0.2) is 5.78 Å². The van der Waals surface area contributed by atoms with Gasteiger partial charge < -0.3 is 0 Å². The van der Waals surface area contributed by atoms with Crippen LogP contribution in [0.2, 0.25) is 0 Å². The number of hydrogen-bond donors (Lipinski definition) is 0. The molecule has 0 fully saturated rings. The summed E-state index contributed by atoms with van der Waals surface area (Å²) in [4.78, 5) is 30.5. The average molecular weight is 415 g/mol. The lowest BCUT2D eigenvalue weighted by Gasteiger charge is -2.11. The summed E-state index contributed by atoms with van der Waals surface area (Å²) in [7, 11) is 0. The maximum Gasteiger partial charge on any atom is 0.295 e. The molecule has 3 aromatic carbocycles. The van der Waals surface area contributed by atoms with Crippen molar-refractivity contribution in [3.8, 4) is 11.3 Å². The van der Waals surface area contributed by atoms with E-state index in [1.807, 2.05) is 12.1 Å². The zero-order valence-electron chi connectivity index (χ0n) is 16.1. The third kappa shape index (κ3) is 3.30. The number of ketones is 1. The van der Waals surface area contributed by atoms with E-state index in [4.69, 9.17) is 0 Å². The maximum absolute atomic E-state index is 13.3. The summed E-state index contributed by atoms with van der Waals surface area (Å²) in [5, 5.41) is 0. The Bertz CT molecular complexity index is 1500. The van der Waals surface area contributed by atoms with E-state index in [2.05, 4.69) is 4.98 Å². The molecule has 0 aliphatic carbocycles. The second kappa shape index (κ2) is 7.28. The molecule has 0 unspecified atom stereocenters. The van der Waals surface area contributed by atoms with Gasteiger partial charge in [-0.2, -0.15) is 0 Å². The lowest BCUT2D eigenvalue weighted by molar-refractivity contribution is 0.0972. The van der Waals surface area contributed by atoms with Crippen LogP contribution in [0.3, 0.4) is 0 Å². The van der Waals surface area contributed by atoms with E-state index < -0.39 is 11.4 Å². The van der Waals surface area contributed by atoms with Crippen molar-refractivity contribution >= 4 is 22.5 Å². The standard InChI is InChI=1S/C24H15F2N3O2/c25-17-9-5-15(6-10-17)19-13-28-20-3-1-2-4-21(20)29(24(31)23(28)27-19)14-22(30)16-7-11-18(26)12-8-16/h1-13H,14H2. The molecular weight excluding hydrogens is 400 g/mol. The minimum absolute atomic E-state index is 0.157. The van der Waals surface area contributed by atoms with E-state index in [1.165, 1.54) is 41.0 Å². The topological polar surface area (TPSA) is 56.4 Å². The number of Topliss-reactive ketones (excluding diaryl/α,β-unsaturated/α-hetero) is 1. The number of carbonyl (C=O) groups is 1. The molecule has 0 saturated carbocycles. The van der Waals surface area contributed by atoms with E-state index in [0.717, 1.165) is 0 Å². The van der Waals surface area contributed by atoms with Crippen LogP contribution in [-0.2, 0) is 6.54 Å². The van der Waals surface area contributed by atoms with Gasteiger partial charge in [0, 0.05) is 17.3 Å². The van der Waals surface area contributed by atoms with Gasteiger partial charge in [0.05, 0.1) is 23.3 Å². The van der Waals surface area contributed by atoms with Crippen LogP contribution in [0.15, 0.2) is 83.8 Å². The fraction of sp³-hybridized carbons (Fsp3) is 0.0417. The predicted octanol–water partition coefficient (Wildman–Crippen LogP) is 4.48. The van der Waals surface area contributed by atoms with E-state index in [-0.39, 0.29) is 23.8 Å². The van der Waals surface area contributed by atoms with Crippen molar-refractivity contribution in [1.29, 1.82) is 0 Å². The highest BCUT2D eigenvalue weighted by Crippen LogP contribution is 2.22. The molecule has 0 saturated heterocycles. The molecule has 152 valence electrons. The number of para-hydroxylation sites is 2. The molecule has 0 bridgehead atoms. The number of aromatic nitrogens is 3. The SMILES string of the molecule is O=C(Cn1c(=O)c2nc(-c3ccc(F)cc3)cn2c2ccccc21)c1ccc(F)cc1. The van der Waals surface area contributed by atoms with Crippen molar-refractivity contribution < 1.29 is 13.6 Å². The normalized spacial score (nSPS) is 11.3. The van der Waals surface area contributed by atoms with Gasteiger partial charge in [-0.05, 0) is 60.7 Å². The molecule has 7 heteroatoms. The predicted molar refractivity (Wildman–Crippen MR) is 113 cm³/mol. The highest BCUT2D eigenvalue weighted by Gasteiger charge is 2.17. The molecule has 31 heavy (non-hydrogen) atoms. The van der Waals surface area contributed by atoms with Gasteiger partial charge in [-0.3, -0.25) is 18.6 Å². The molecule has 0 amide bonds. The Labute approximate surface area is 174 Å². The maximum atomic E-state index is 13.3.